The van der Waals surface area contributed by atoms with Gasteiger partial charge in [0.25, 0.3) is 5.89 Å². The van der Waals surface area contributed by atoms with Gasteiger partial charge in [-0.15, -0.1) is 10.2 Å². The summed E-state index contributed by atoms with van der Waals surface area (Å²) in [7, 11) is -3.19. The van der Waals surface area contributed by atoms with Crippen molar-refractivity contribution in [2.24, 2.45) is 0 Å². The molecule has 0 aliphatic carbocycles. The van der Waals surface area contributed by atoms with Crippen LogP contribution in [0, 0.1) is 6.92 Å². The molecule has 2 aromatic heterocycles. The Bertz CT molecular complexity index is 789. The maximum absolute atomic E-state index is 12.0. The van der Waals surface area contributed by atoms with Crippen LogP contribution in [-0.4, -0.2) is 51.7 Å². The lowest BCUT2D eigenvalue weighted by molar-refractivity contribution is 0.286. The Morgan fingerprint density at radius 3 is 2.96 bits per heavy atom. The average molecular weight is 337 g/mol. The van der Waals surface area contributed by atoms with Crippen LogP contribution in [0.5, 0.6) is 0 Å². The minimum atomic E-state index is -3.19. The van der Waals surface area contributed by atoms with Crippen molar-refractivity contribution >= 4 is 10.0 Å². The van der Waals surface area contributed by atoms with Gasteiger partial charge in [0.05, 0.1) is 22.9 Å². The van der Waals surface area contributed by atoms with Crippen LogP contribution in [0.3, 0.4) is 0 Å². The minimum Gasteiger partial charge on any atom is -0.420 e. The molecular weight excluding hydrogens is 318 g/mol. The minimum absolute atomic E-state index is 0.0729. The van der Waals surface area contributed by atoms with Gasteiger partial charge in [0.2, 0.25) is 15.9 Å². The van der Waals surface area contributed by atoms with Gasteiger partial charge in [0.15, 0.2) is 0 Å². The Morgan fingerprint density at radius 1 is 1.39 bits per heavy atom. The fraction of sp³-hybridized carbons (Fsp3) is 0.571. The molecule has 1 unspecified atom stereocenters. The third kappa shape index (κ3) is 3.25. The van der Waals surface area contributed by atoms with Crippen LogP contribution in [0.2, 0.25) is 0 Å². The summed E-state index contributed by atoms with van der Waals surface area (Å²) < 4.78 is 31.4. The summed E-state index contributed by atoms with van der Waals surface area (Å²) in [5.41, 5.74) is 1.45. The van der Waals surface area contributed by atoms with Gasteiger partial charge >= 0.3 is 0 Å². The first-order valence-corrected chi connectivity index (χ1v) is 9.20. The molecule has 3 rings (SSSR count). The predicted molar refractivity (Wildman–Crippen MR) is 83.1 cm³/mol. The van der Waals surface area contributed by atoms with Crippen molar-refractivity contribution in [1.29, 1.82) is 0 Å². The average Bonchev–Trinajstić information content (AvgIpc) is 3.05. The van der Waals surface area contributed by atoms with Gasteiger partial charge in [-0.2, -0.15) is 0 Å². The largest absolute Gasteiger partial charge is 0.420 e. The zero-order valence-electron chi connectivity index (χ0n) is 13.1. The number of sulfonamides is 1. The van der Waals surface area contributed by atoms with Gasteiger partial charge in [-0.3, -0.25) is 0 Å². The van der Waals surface area contributed by atoms with E-state index in [4.69, 9.17) is 4.42 Å². The van der Waals surface area contributed by atoms with Gasteiger partial charge in [-0.25, -0.2) is 22.7 Å². The van der Waals surface area contributed by atoms with Crippen LogP contribution in [0.25, 0.3) is 11.5 Å². The summed E-state index contributed by atoms with van der Waals surface area (Å²) in [4.78, 5) is 8.08. The second kappa shape index (κ2) is 6.32. The van der Waals surface area contributed by atoms with Crippen LogP contribution in [0.1, 0.15) is 37.3 Å². The summed E-state index contributed by atoms with van der Waals surface area (Å²) in [5, 5.41) is 8.17. The number of aromatic nitrogens is 4. The monoisotopic (exact) mass is 337 g/mol. The zero-order chi connectivity index (χ0) is 16.4. The number of hydrogen-bond acceptors (Lipinski definition) is 7. The van der Waals surface area contributed by atoms with Crippen molar-refractivity contribution in [2.45, 2.75) is 32.6 Å². The van der Waals surface area contributed by atoms with Gasteiger partial charge in [0, 0.05) is 19.3 Å². The summed E-state index contributed by atoms with van der Waals surface area (Å²) >= 11 is 0. The smallest absolute Gasteiger partial charge is 0.251 e. The van der Waals surface area contributed by atoms with Crippen molar-refractivity contribution in [2.75, 3.05) is 18.8 Å². The van der Waals surface area contributed by atoms with Crippen molar-refractivity contribution in [1.82, 2.24) is 24.5 Å². The van der Waals surface area contributed by atoms with Crippen LogP contribution >= 0.6 is 0 Å². The second-order valence-corrected chi connectivity index (χ2v) is 7.82. The van der Waals surface area contributed by atoms with E-state index in [2.05, 4.69) is 20.2 Å². The number of hydrogen-bond donors (Lipinski definition) is 0. The van der Waals surface area contributed by atoms with E-state index in [1.54, 1.807) is 13.1 Å². The predicted octanol–water partition coefficient (Wildman–Crippen LogP) is 1.36. The van der Waals surface area contributed by atoms with E-state index in [1.165, 1.54) is 10.6 Å². The molecule has 0 amide bonds. The number of rotatable bonds is 4. The molecule has 1 fully saturated rings. The molecule has 0 radical (unpaired) electrons. The molecule has 3 heterocycles. The van der Waals surface area contributed by atoms with E-state index >= 15 is 0 Å². The molecule has 0 saturated carbocycles. The van der Waals surface area contributed by atoms with Crippen molar-refractivity contribution in [3.05, 3.63) is 24.1 Å². The van der Waals surface area contributed by atoms with E-state index < -0.39 is 10.0 Å². The molecule has 9 heteroatoms. The maximum Gasteiger partial charge on any atom is 0.251 e. The molecule has 0 spiro atoms. The van der Waals surface area contributed by atoms with Crippen LogP contribution in [-0.2, 0) is 10.0 Å². The van der Waals surface area contributed by atoms with Gasteiger partial charge in [0.1, 0.15) is 6.33 Å². The molecule has 0 N–H and O–H groups in total. The van der Waals surface area contributed by atoms with Crippen molar-refractivity contribution in [3.8, 4) is 11.5 Å². The lowest BCUT2D eigenvalue weighted by Gasteiger charge is -2.29. The summed E-state index contributed by atoms with van der Waals surface area (Å²) in [5.74, 6) is 0.874. The van der Waals surface area contributed by atoms with Crippen molar-refractivity contribution < 1.29 is 12.8 Å². The first-order valence-electron chi connectivity index (χ1n) is 7.59. The van der Waals surface area contributed by atoms with E-state index in [-0.39, 0.29) is 11.7 Å². The summed E-state index contributed by atoms with van der Waals surface area (Å²) in [6.45, 7) is 4.44. The molecule has 0 aromatic carbocycles. The molecule has 8 nitrogen and oxygen atoms in total. The van der Waals surface area contributed by atoms with E-state index in [1.807, 2.05) is 6.92 Å². The lowest BCUT2D eigenvalue weighted by atomic mass is 10.00. The Morgan fingerprint density at radius 2 is 2.22 bits per heavy atom. The number of nitrogens with zero attached hydrogens (tertiary/aromatic N) is 5. The van der Waals surface area contributed by atoms with Gasteiger partial charge in [-0.1, -0.05) is 0 Å². The number of aryl methyl sites for hydroxylation is 1. The molecule has 1 saturated heterocycles. The molecule has 1 atom stereocenters. The second-order valence-electron chi connectivity index (χ2n) is 5.57. The Hall–Kier alpha value is -1.87. The Balaban J connectivity index is 1.82. The van der Waals surface area contributed by atoms with Gasteiger partial charge < -0.3 is 4.42 Å². The SMILES string of the molecule is CCS(=O)(=O)N1CCCC(c2nnc(-c3cncnc3C)o2)C1. The van der Waals surface area contributed by atoms with E-state index in [0.29, 0.717) is 30.4 Å². The van der Waals surface area contributed by atoms with Crippen molar-refractivity contribution in [3.63, 3.8) is 0 Å². The van der Waals surface area contributed by atoms with Crippen LogP contribution < -0.4 is 0 Å². The maximum atomic E-state index is 12.0. The fourth-order valence-corrected chi connectivity index (χ4v) is 3.87. The molecular formula is C14H19N5O3S. The topological polar surface area (TPSA) is 102 Å². The molecule has 1 aliphatic heterocycles. The van der Waals surface area contributed by atoms with Gasteiger partial charge in [-0.05, 0) is 26.7 Å². The summed E-state index contributed by atoms with van der Waals surface area (Å²) in [6.07, 6.45) is 4.72. The fourth-order valence-electron chi connectivity index (χ4n) is 2.69. The Kier molecular flexibility index (Phi) is 4.40. The lowest BCUT2D eigenvalue weighted by Crippen LogP contribution is -2.39. The highest BCUT2D eigenvalue weighted by atomic mass is 32.2. The molecule has 23 heavy (non-hydrogen) atoms. The third-order valence-electron chi connectivity index (χ3n) is 4.07. The molecule has 0 bridgehead atoms. The third-order valence-corrected chi connectivity index (χ3v) is 5.92. The Labute approximate surface area is 135 Å². The standard InChI is InChI=1S/C14H19N5O3S/c1-3-23(20,21)19-6-4-5-11(8-19)13-17-18-14(22-13)12-7-15-9-16-10(12)2/h7,9,11H,3-6,8H2,1-2H3. The van der Waals surface area contributed by atoms with E-state index in [9.17, 15) is 8.42 Å². The van der Waals surface area contributed by atoms with Crippen LogP contribution in [0.15, 0.2) is 16.9 Å². The quantitative estimate of drug-likeness (QED) is 0.830. The molecule has 2 aromatic rings. The molecule has 1 aliphatic rings. The number of piperidine rings is 1. The summed E-state index contributed by atoms with van der Waals surface area (Å²) in [6, 6.07) is 0. The highest BCUT2D eigenvalue weighted by molar-refractivity contribution is 7.89. The molecule has 124 valence electrons. The first kappa shape index (κ1) is 16.0. The highest BCUT2D eigenvalue weighted by Gasteiger charge is 2.31. The van der Waals surface area contributed by atoms with Crippen LogP contribution in [0.4, 0.5) is 0 Å². The van der Waals surface area contributed by atoms with E-state index in [0.717, 1.165) is 18.5 Å². The normalized spacial score (nSPS) is 19.8. The zero-order valence-corrected chi connectivity index (χ0v) is 14.0. The highest BCUT2D eigenvalue weighted by Crippen LogP contribution is 2.29. The first-order chi connectivity index (χ1) is 11.0.